The smallest absolute Gasteiger partial charge is 0.336 e. The molecule has 1 aromatic carbocycles. The fourth-order valence-corrected chi connectivity index (χ4v) is 3.36. The predicted molar refractivity (Wildman–Crippen MR) is 85.8 cm³/mol. The number of esters is 1. The first-order chi connectivity index (χ1) is 11.7. The van der Waals surface area contributed by atoms with Crippen LogP contribution in [-0.4, -0.2) is 18.2 Å². The van der Waals surface area contributed by atoms with E-state index in [4.69, 9.17) is 23.7 Å². The van der Waals surface area contributed by atoms with Gasteiger partial charge in [-0.25, -0.2) is 9.68 Å². The quantitative estimate of drug-likeness (QED) is 0.358. The second-order valence-corrected chi connectivity index (χ2v) is 7.23. The average molecular weight is 346 g/mol. The van der Waals surface area contributed by atoms with Crippen LogP contribution in [0.4, 0.5) is 0 Å². The summed E-state index contributed by atoms with van der Waals surface area (Å²) in [5.74, 6) is -1.50. The summed E-state index contributed by atoms with van der Waals surface area (Å²) in [6.07, 6.45) is 0. The molecule has 0 aliphatic carbocycles. The van der Waals surface area contributed by atoms with E-state index in [2.05, 4.69) is 0 Å². The zero-order valence-corrected chi connectivity index (χ0v) is 14.4. The van der Waals surface area contributed by atoms with E-state index in [0.717, 1.165) is 0 Å². The minimum absolute atomic E-state index is 0.137. The highest BCUT2D eigenvalue weighted by molar-refractivity contribution is 5.86. The van der Waals surface area contributed by atoms with Crippen molar-refractivity contribution in [2.24, 2.45) is 5.41 Å². The molecule has 0 bridgehead atoms. The Kier molecular flexibility index (Phi) is 3.19. The molecule has 2 aromatic rings. The molecule has 1 aromatic heterocycles. The second kappa shape index (κ2) is 4.91. The minimum Gasteiger partial charge on any atom is -0.423 e. The summed E-state index contributed by atoms with van der Waals surface area (Å²) in [4.78, 5) is 33.9. The van der Waals surface area contributed by atoms with Crippen LogP contribution in [0.3, 0.4) is 0 Å². The fraction of sp³-hybridized carbons (Fsp3) is 0.444. The molecule has 0 N–H and O–H groups in total. The summed E-state index contributed by atoms with van der Waals surface area (Å²) in [5.41, 5.74) is -0.702. The van der Waals surface area contributed by atoms with Gasteiger partial charge in [-0.1, -0.05) is 13.8 Å². The van der Waals surface area contributed by atoms with Gasteiger partial charge in [0.2, 0.25) is 0 Å². The molecule has 0 spiro atoms. The molecule has 3 heterocycles. The van der Waals surface area contributed by atoms with Gasteiger partial charge in [0.25, 0.3) is 5.79 Å². The van der Waals surface area contributed by atoms with E-state index in [1.807, 2.05) is 20.8 Å². The molecular weight excluding hydrogens is 328 g/mol. The summed E-state index contributed by atoms with van der Waals surface area (Å²) >= 11 is 0. The van der Waals surface area contributed by atoms with E-state index in [-0.39, 0.29) is 16.7 Å². The number of benzene rings is 1. The van der Waals surface area contributed by atoms with Crippen LogP contribution in [-0.2, 0) is 25.1 Å². The monoisotopic (exact) mass is 346 g/mol. The number of rotatable bonds is 2. The van der Waals surface area contributed by atoms with Gasteiger partial charge in [-0.15, -0.1) is 0 Å². The Balaban J connectivity index is 1.93. The highest BCUT2D eigenvalue weighted by atomic mass is 17.3. The summed E-state index contributed by atoms with van der Waals surface area (Å²) in [5, 5.41) is 0.592. The van der Waals surface area contributed by atoms with Gasteiger partial charge in [-0.3, -0.25) is 4.79 Å². The van der Waals surface area contributed by atoms with Gasteiger partial charge in [0.1, 0.15) is 0 Å². The van der Waals surface area contributed by atoms with Crippen molar-refractivity contribution in [1.29, 1.82) is 0 Å². The summed E-state index contributed by atoms with van der Waals surface area (Å²) in [6, 6.07) is 6.28. The van der Waals surface area contributed by atoms with Crippen molar-refractivity contribution >= 4 is 16.9 Å². The molecule has 2 atom stereocenters. The number of carbonyl (C=O) groups excluding carboxylic acids is 1. The van der Waals surface area contributed by atoms with E-state index >= 15 is 0 Å². The van der Waals surface area contributed by atoms with E-state index in [1.165, 1.54) is 13.0 Å². The second-order valence-electron chi connectivity index (χ2n) is 7.23. The maximum absolute atomic E-state index is 11.5. The van der Waals surface area contributed by atoms with Crippen LogP contribution >= 0.6 is 0 Å². The lowest BCUT2D eigenvalue weighted by Crippen LogP contribution is -2.65. The number of hydrogen-bond donors (Lipinski definition) is 0. The minimum atomic E-state index is -1.12. The van der Waals surface area contributed by atoms with Gasteiger partial charge in [0, 0.05) is 29.4 Å². The normalized spacial score (nSPS) is 29.9. The molecule has 132 valence electrons. The van der Waals surface area contributed by atoms with E-state index in [0.29, 0.717) is 17.6 Å². The summed E-state index contributed by atoms with van der Waals surface area (Å²) in [7, 11) is 0. The topological polar surface area (TPSA) is 84.2 Å². The first-order valence-corrected chi connectivity index (χ1v) is 7.96. The number of carbonyl (C=O) groups is 1. The van der Waals surface area contributed by atoms with Crippen LogP contribution in [0.5, 0.6) is 5.75 Å². The van der Waals surface area contributed by atoms with Crippen LogP contribution < -0.4 is 10.4 Å². The SMILES string of the molecule is CC(=O)Oc1cc(C23OCC(C)(C)C2(C)OO3)cc2ccc(=O)oc12. The molecule has 0 radical (unpaired) electrons. The maximum atomic E-state index is 11.5. The third-order valence-electron chi connectivity index (χ3n) is 5.20. The van der Waals surface area contributed by atoms with Gasteiger partial charge in [0.15, 0.2) is 16.9 Å². The van der Waals surface area contributed by atoms with Crippen LogP contribution in [0.15, 0.2) is 33.5 Å². The van der Waals surface area contributed by atoms with Crippen molar-refractivity contribution in [2.75, 3.05) is 6.61 Å². The Morgan fingerprint density at radius 2 is 1.92 bits per heavy atom. The standard InChI is InChI=1S/C18H18O7/c1-10(19)22-13-8-12(7-11-5-6-14(20)23-15(11)13)18-17(4,24-25-18)16(2,3)9-21-18/h5-8H,9H2,1-4H3. The lowest BCUT2D eigenvalue weighted by atomic mass is 9.71. The molecule has 2 aliphatic rings. The Morgan fingerprint density at radius 3 is 2.52 bits per heavy atom. The van der Waals surface area contributed by atoms with Crippen LogP contribution in [0.25, 0.3) is 11.0 Å². The molecule has 7 nitrogen and oxygen atoms in total. The average Bonchev–Trinajstić information content (AvgIpc) is 2.66. The van der Waals surface area contributed by atoms with Gasteiger partial charge in [0.05, 0.1) is 6.61 Å². The number of fused-ring (bicyclic) bond motifs is 2. The lowest BCUT2D eigenvalue weighted by Gasteiger charge is -2.53. The molecule has 2 aliphatic heterocycles. The lowest BCUT2D eigenvalue weighted by molar-refractivity contribution is -0.606. The van der Waals surface area contributed by atoms with E-state index < -0.39 is 23.0 Å². The zero-order chi connectivity index (χ0) is 18.0. The van der Waals surface area contributed by atoms with Crippen molar-refractivity contribution in [2.45, 2.75) is 39.1 Å². The van der Waals surface area contributed by atoms with Crippen molar-refractivity contribution in [3.05, 3.63) is 40.2 Å². The molecular formula is C18H18O7. The Labute approximate surface area is 143 Å². The van der Waals surface area contributed by atoms with E-state index in [1.54, 1.807) is 18.2 Å². The Morgan fingerprint density at radius 1 is 1.16 bits per heavy atom. The van der Waals surface area contributed by atoms with E-state index in [9.17, 15) is 9.59 Å². The molecule has 7 heteroatoms. The molecule has 0 saturated carbocycles. The maximum Gasteiger partial charge on any atom is 0.336 e. The third-order valence-corrected chi connectivity index (χ3v) is 5.20. The largest absolute Gasteiger partial charge is 0.423 e. The zero-order valence-electron chi connectivity index (χ0n) is 14.4. The van der Waals surface area contributed by atoms with Gasteiger partial charge in [-0.05, 0) is 25.1 Å². The highest BCUT2D eigenvalue weighted by Gasteiger charge is 2.75. The fourth-order valence-electron chi connectivity index (χ4n) is 3.36. The number of ether oxygens (including phenoxy) is 2. The van der Waals surface area contributed by atoms with Crippen LogP contribution in [0.2, 0.25) is 0 Å². The molecule has 25 heavy (non-hydrogen) atoms. The van der Waals surface area contributed by atoms with Crippen molar-refractivity contribution in [1.82, 2.24) is 0 Å². The molecule has 0 amide bonds. The Hall–Kier alpha value is -2.22. The van der Waals surface area contributed by atoms with Gasteiger partial charge >= 0.3 is 11.6 Å². The first kappa shape index (κ1) is 16.3. The van der Waals surface area contributed by atoms with Crippen LogP contribution in [0.1, 0.15) is 33.3 Å². The molecule has 2 saturated heterocycles. The van der Waals surface area contributed by atoms with Crippen molar-refractivity contribution in [3.8, 4) is 5.75 Å². The molecule has 2 fully saturated rings. The van der Waals surface area contributed by atoms with Crippen molar-refractivity contribution < 1.29 is 28.5 Å². The summed E-state index contributed by atoms with van der Waals surface area (Å²) in [6.45, 7) is 7.70. The third kappa shape index (κ3) is 2.03. The van der Waals surface area contributed by atoms with Gasteiger partial charge in [-0.2, -0.15) is 4.89 Å². The predicted octanol–water partition coefficient (Wildman–Crippen LogP) is 2.65. The first-order valence-electron chi connectivity index (χ1n) is 7.96. The molecule has 2 unspecified atom stereocenters. The van der Waals surface area contributed by atoms with Crippen LogP contribution in [0, 0.1) is 5.41 Å². The van der Waals surface area contributed by atoms with Gasteiger partial charge < -0.3 is 13.9 Å². The Bertz CT molecular complexity index is 944. The van der Waals surface area contributed by atoms with Crippen molar-refractivity contribution in [3.63, 3.8) is 0 Å². The highest BCUT2D eigenvalue weighted by Crippen LogP contribution is 2.63. The molecule has 4 rings (SSSR count). The number of hydrogen-bond acceptors (Lipinski definition) is 7. The summed E-state index contributed by atoms with van der Waals surface area (Å²) < 4.78 is 16.5.